The zero-order valence-electron chi connectivity index (χ0n) is 6.43. The van der Waals surface area contributed by atoms with Crippen LogP contribution in [0, 0.1) is 0 Å². The summed E-state index contributed by atoms with van der Waals surface area (Å²) in [6.07, 6.45) is 0. The molecule has 2 rings (SSSR count). The summed E-state index contributed by atoms with van der Waals surface area (Å²) in [6.45, 7) is 0. The lowest BCUT2D eigenvalue weighted by molar-refractivity contribution is 0.442. The maximum Gasteiger partial charge on any atom is 0.210 e. The van der Waals surface area contributed by atoms with E-state index in [1.165, 1.54) is 0 Å². The molecule has 0 aliphatic carbocycles. The number of ether oxygens (including phenoxy) is 1. The fraction of sp³-hybridized carbons (Fsp3) is 0.111. The van der Waals surface area contributed by atoms with Gasteiger partial charge < -0.3 is 4.74 Å². The smallest absolute Gasteiger partial charge is 0.210 e. The van der Waals surface area contributed by atoms with Crippen LogP contribution in [0.15, 0.2) is 34.5 Å². The van der Waals surface area contributed by atoms with Gasteiger partial charge in [-0.05, 0) is 17.7 Å². The van der Waals surface area contributed by atoms with Crippen molar-refractivity contribution in [2.75, 3.05) is 0 Å². The molecule has 0 N–H and O–H groups in total. The number of alkyl halides is 1. The first-order valence-corrected chi connectivity index (χ1v) is 4.85. The molecule has 1 aliphatic heterocycles. The van der Waals surface area contributed by atoms with E-state index < -0.39 is 5.38 Å². The topological polar surface area (TPSA) is 9.23 Å². The van der Waals surface area contributed by atoms with Crippen LogP contribution in [0.25, 0.3) is 0 Å². The number of para-hydroxylation sites is 1. The van der Waals surface area contributed by atoms with E-state index in [0.717, 1.165) is 5.56 Å². The second-order valence-electron chi connectivity index (χ2n) is 2.62. The Bertz CT molecular complexity index is 373. The van der Waals surface area contributed by atoms with Crippen LogP contribution in [0.2, 0.25) is 0 Å². The second-order valence-corrected chi connectivity index (χ2v) is 3.81. The Kier molecular flexibility index (Phi) is 2.41. The minimum Gasteiger partial charge on any atom is -0.444 e. The van der Waals surface area contributed by atoms with Crippen molar-refractivity contribution in [1.82, 2.24) is 0 Å². The third-order valence-electron chi connectivity index (χ3n) is 1.80. The van der Waals surface area contributed by atoms with Gasteiger partial charge in [-0.3, -0.25) is 0 Å². The normalized spacial score (nSPS) is 21.0. The van der Waals surface area contributed by atoms with Gasteiger partial charge in [-0.2, -0.15) is 0 Å². The van der Waals surface area contributed by atoms with E-state index in [0.29, 0.717) is 10.8 Å². The SMILES string of the molecule is ClC1=C(Cl)C(Cl)c2ccccc2O1. The third kappa shape index (κ3) is 1.52. The molecule has 0 amide bonds. The molecule has 0 aromatic heterocycles. The van der Waals surface area contributed by atoms with E-state index in [4.69, 9.17) is 39.5 Å². The third-order valence-corrected chi connectivity index (χ3v) is 3.13. The summed E-state index contributed by atoms with van der Waals surface area (Å²) < 4.78 is 5.24. The highest BCUT2D eigenvalue weighted by Gasteiger charge is 2.25. The Morgan fingerprint density at radius 3 is 2.62 bits per heavy atom. The van der Waals surface area contributed by atoms with E-state index in [1.807, 2.05) is 18.2 Å². The first-order chi connectivity index (χ1) is 6.20. The van der Waals surface area contributed by atoms with Crippen molar-refractivity contribution >= 4 is 34.8 Å². The van der Waals surface area contributed by atoms with E-state index in [9.17, 15) is 0 Å². The van der Waals surface area contributed by atoms with Gasteiger partial charge >= 0.3 is 0 Å². The van der Waals surface area contributed by atoms with Crippen molar-refractivity contribution in [3.05, 3.63) is 40.1 Å². The molecule has 1 aromatic carbocycles. The zero-order chi connectivity index (χ0) is 9.42. The standard InChI is InChI=1S/C9H5Cl3O/c10-7-5-3-1-2-4-6(5)13-9(12)8(7)11/h1-4,7H. The summed E-state index contributed by atoms with van der Waals surface area (Å²) in [7, 11) is 0. The number of halogens is 3. The van der Waals surface area contributed by atoms with Gasteiger partial charge in [0.1, 0.15) is 11.1 Å². The summed E-state index contributed by atoms with van der Waals surface area (Å²) >= 11 is 17.6. The van der Waals surface area contributed by atoms with Crippen molar-refractivity contribution in [1.29, 1.82) is 0 Å². The van der Waals surface area contributed by atoms with Crippen LogP contribution in [0.4, 0.5) is 0 Å². The van der Waals surface area contributed by atoms with E-state index >= 15 is 0 Å². The number of hydrogen-bond acceptors (Lipinski definition) is 1. The van der Waals surface area contributed by atoms with Crippen LogP contribution in [0.5, 0.6) is 5.75 Å². The number of hydrogen-bond donors (Lipinski definition) is 0. The minimum atomic E-state index is -0.404. The largest absolute Gasteiger partial charge is 0.444 e. The molecule has 68 valence electrons. The molecule has 1 aromatic rings. The molecular formula is C9H5Cl3O. The maximum absolute atomic E-state index is 6.04. The molecule has 0 radical (unpaired) electrons. The van der Waals surface area contributed by atoms with E-state index in [1.54, 1.807) is 6.07 Å². The Morgan fingerprint density at radius 1 is 1.15 bits per heavy atom. The van der Waals surface area contributed by atoms with Gasteiger partial charge in [0, 0.05) is 5.56 Å². The Balaban J connectivity index is 2.52. The van der Waals surface area contributed by atoms with Crippen molar-refractivity contribution in [3.8, 4) is 5.75 Å². The van der Waals surface area contributed by atoms with Gasteiger partial charge in [0.2, 0.25) is 5.22 Å². The highest BCUT2D eigenvalue weighted by atomic mass is 35.5. The Hall–Kier alpha value is -0.370. The fourth-order valence-corrected chi connectivity index (χ4v) is 1.85. The van der Waals surface area contributed by atoms with Crippen molar-refractivity contribution in [3.63, 3.8) is 0 Å². The molecule has 1 nitrogen and oxygen atoms in total. The molecule has 0 spiro atoms. The second kappa shape index (κ2) is 3.41. The molecule has 1 aliphatic rings. The van der Waals surface area contributed by atoms with Crippen molar-refractivity contribution in [2.45, 2.75) is 5.38 Å². The number of allylic oxidation sites excluding steroid dienone is 1. The highest BCUT2D eigenvalue weighted by molar-refractivity contribution is 6.43. The lowest BCUT2D eigenvalue weighted by Crippen LogP contribution is -2.05. The van der Waals surface area contributed by atoms with Crippen LogP contribution >= 0.6 is 34.8 Å². The van der Waals surface area contributed by atoms with Gasteiger partial charge in [0.15, 0.2) is 0 Å². The lowest BCUT2D eigenvalue weighted by Gasteiger charge is -2.20. The average Bonchev–Trinajstić information content (AvgIpc) is 2.15. The van der Waals surface area contributed by atoms with Crippen LogP contribution < -0.4 is 4.74 Å². The summed E-state index contributed by atoms with van der Waals surface area (Å²) in [5.41, 5.74) is 0.846. The molecule has 13 heavy (non-hydrogen) atoms. The summed E-state index contributed by atoms with van der Waals surface area (Å²) in [5.74, 6) is 0.664. The van der Waals surface area contributed by atoms with E-state index in [2.05, 4.69) is 0 Å². The van der Waals surface area contributed by atoms with Gasteiger partial charge in [-0.1, -0.05) is 29.8 Å². The predicted octanol–water partition coefficient (Wildman–Crippen LogP) is 4.01. The first-order valence-electron chi connectivity index (χ1n) is 3.66. The molecule has 0 bridgehead atoms. The average molecular weight is 235 g/mol. The summed E-state index contributed by atoms with van der Waals surface area (Å²) in [6, 6.07) is 7.39. The van der Waals surface area contributed by atoms with Crippen LogP contribution in [-0.2, 0) is 0 Å². The van der Waals surface area contributed by atoms with Crippen LogP contribution in [0.1, 0.15) is 10.9 Å². The Morgan fingerprint density at radius 2 is 1.85 bits per heavy atom. The number of fused-ring (bicyclic) bond motifs is 1. The Labute approximate surface area is 90.9 Å². The molecule has 4 heteroatoms. The van der Waals surface area contributed by atoms with Gasteiger partial charge in [-0.25, -0.2) is 0 Å². The summed E-state index contributed by atoms with van der Waals surface area (Å²) in [5, 5.41) is 0.0847. The molecule has 0 saturated carbocycles. The molecule has 1 unspecified atom stereocenters. The number of rotatable bonds is 0. The van der Waals surface area contributed by atoms with Gasteiger partial charge in [0.05, 0.1) is 5.03 Å². The molecule has 1 atom stereocenters. The molecule has 0 saturated heterocycles. The van der Waals surface area contributed by atoms with Crippen molar-refractivity contribution in [2.24, 2.45) is 0 Å². The molecular weight excluding hydrogens is 230 g/mol. The van der Waals surface area contributed by atoms with Gasteiger partial charge in [0.25, 0.3) is 0 Å². The zero-order valence-corrected chi connectivity index (χ0v) is 8.70. The van der Waals surface area contributed by atoms with Gasteiger partial charge in [-0.15, -0.1) is 11.6 Å². The van der Waals surface area contributed by atoms with Crippen molar-refractivity contribution < 1.29 is 4.74 Å². The molecule has 0 fully saturated rings. The summed E-state index contributed by atoms with van der Waals surface area (Å²) in [4.78, 5) is 0. The number of benzene rings is 1. The minimum absolute atomic E-state index is 0.153. The predicted molar refractivity (Wildman–Crippen MR) is 54.4 cm³/mol. The quantitative estimate of drug-likeness (QED) is 0.618. The lowest BCUT2D eigenvalue weighted by atomic mass is 10.1. The fourth-order valence-electron chi connectivity index (χ4n) is 1.16. The highest BCUT2D eigenvalue weighted by Crippen LogP contribution is 2.43. The van der Waals surface area contributed by atoms with E-state index in [-0.39, 0.29) is 5.22 Å². The van der Waals surface area contributed by atoms with Crippen LogP contribution in [0.3, 0.4) is 0 Å². The van der Waals surface area contributed by atoms with Crippen LogP contribution in [-0.4, -0.2) is 0 Å². The maximum atomic E-state index is 6.04. The molecule has 1 heterocycles. The first kappa shape index (κ1) is 9.20. The monoisotopic (exact) mass is 234 g/mol.